The Labute approximate surface area is 115 Å². The summed E-state index contributed by atoms with van der Waals surface area (Å²) in [4.78, 5) is 11.8. The van der Waals surface area contributed by atoms with E-state index in [0.29, 0.717) is 19.1 Å². The Morgan fingerprint density at radius 1 is 1.11 bits per heavy atom. The average Bonchev–Trinajstić information content (AvgIpc) is 2.38. The molecule has 0 unspecified atom stereocenters. The van der Waals surface area contributed by atoms with E-state index in [1.54, 1.807) is 7.11 Å². The molecule has 0 radical (unpaired) electrons. The lowest BCUT2D eigenvalue weighted by Crippen LogP contribution is -2.16. The molecule has 106 valence electrons. The van der Waals surface area contributed by atoms with Crippen LogP contribution in [0.15, 0.2) is 24.3 Å². The molecule has 0 saturated carbocycles. The third-order valence-corrected chi connectivity index (χ3v) is 3.01. The summed E-state index contributed by atoms with van der Waals surface area (Å²) in [5.74, 6) is 0.209. The maximum absolute atomic E-state index is 11.8. The van der Waals surface area contributed by atoms with E-state index in [1.807, 2.05) is 19.1 Å². The molecule has 0 aromatic heterocycles. The predicted octanol–water partition coefficient (Wildman–Crippen LogP) is 3.18. The van der Waals surface area contributed by atoms with Gasteiger partial charge in [0.15, 0.2) is 0 Å². The van der Waals surface area contributed by atoms with Gasteiger partial charge < -0.3 is 9.47 Å². The third-order valence-electron chi connectivity index (χ3n) is 3.01. The Kier molecular flexibility index (Phi) is 6.57. The molecule has 19 heavy (non-hydrogen) atoms. The lowest BCUT2D eigenvalue weighted by Gasteiger charge is -2.12. The SMILES string of the molecule is COCCOC(=O)[C@@H](C)c1ccc(CC(C)C)cc1. The summed E-state index contributed by atoms with van der Waals surface area (Å²) in [7, 11) is 1.59. The molecule has 0 N–H and O–H groups in total. The number of methoxy groups -OCH3 is 1. The molecule has 0 fully saturated rings. The minimum absolute atomic E-state index is 0.200. The normalized spacial score (nSPS) is 12.5. The first-order valence-electron chi connectivity index (χ1n) is 6.79. The number of ether oxygens (including phenoxy) is 2. The van der Waals surface area contributed by atoms with Crippen molar-refractivity contribution in [3.8, 4) is 0 Å². The van der Waals surface area contributed by atoms with Crippen LogP contribution >= 0.6 is 0 Å². The standard InChI is InChI=1S/C16H24O3/c1-12(2)11-14-5-7-15(8-6-14)13(3)16(17)19-10-9-18-4/h5-8,12-13H,9-11H2,1-4H3/t13-/m0/s1. The molecule has 1 aromatic rings. The molecule has 1 aromatic carbocycles. The molecule has 0 heterocycles. The van der Waals surface area contributed by atoms with Crippen molar-refractivity contribution in [1.82, 2.24) is 0 Å². The highest BCUT2D eigenvalue weighted by atomic mass is 16.6. The minimum atomic E-state index is -0.232. The molecule has 0 spiro atoms. The first-order chi connectivity index (χ1) is 9.04. The van der Waals surface area contributed by atoms with Gasteiger partial charge in [0.25, 0.3) is 0 Å². The van der Waals surface area contributed by atoms with Gasteiger partial charge in [0.05, 0.1) is 12.5 Å². The van der Waals surface area contributed by atoms with Crippen molar-refractivity contribution in [1.29, 1.82) is 0 Å². The van der Waals surface area contributed by atoms with Crippen LogP contribution in [0.4, 0.5) is 0 Å². The quantitative estimate of drug-likeness (QED) is 0.560. The summed E-state index contributed by atoms with van der Waals surface area (Å²) in [6.45, 7) is 7.01. The smallest absolute Gasteiger partial charge is 0.313 e. The zero-order chi connectivity index (χ0) is 14.3. The van der Waals surface area contributed by atoms with Crippen molar-refractivity contribution in [3.05, 3.63) is 35.4 Å². The molecular weight excluding hydrogens is 240 g/mol. The average molecular weight is 264 g/mol. The molecule has 1 atom stereocenters. The Balaban J connectivity index is 2.56. The van der Waals surface area contributed by atoms with Crippen LogP contribution in [-0.4, -0.2) is 26.3 Å². The monoisotopic (exact) mass is 264 g/mol. The summed E-state index contributed by atoms with van der Waals surface area (Å²) >= 11 is 0. The highest BCUT2D eigenvalue weighted by Crippen LogP contribution is 2.18. The molecule has 1 rings (SSSR count). The Hall–Kier alpha value is -1.35. The van der Waals surface area contributed by atoms with Gasteiger partial charge in [-0.25, -0.2) is 0 Å². The van der Waals surface area contributed by atoms with Crippen LogP contribution in [0.3, 0.4) is 0 Å². The molecule has 0 saturated heterocycles. The molecular formula is C16H24O3. The fourth-order valence-electron chi connectivity index (χ4n) is 1.90. The minimum Gasteiger partial charge on any atom is -0.463 e. The molecule has 3 heteroatoms. The number of hydrogen-bond donors (Lipinski definition) is 0. The van der Waals surface area contributed by atoms with Crippen LogP contribution in [-0.2, 0) is 20.7 Å². The number of benzene rings is 1. The number of esters is 1. The lowest BCUT2D eigenvalue weighted by molar-refractivity contribution is -0.146. The van der Waals surface area contributed by atoms with Gasteiger partial charge in [0.2, 0.25) is 0 Å². The third kappa shape index (κ3) is 5.43. The van der Waals surface area contributed by atoms with Gasteiger partial charge in [-0.05, 0) is 30.4 Å². The highest BCUT2D eigenvalue weighted by molar-refractivity contribution is 5.77. The van der Waals surface area contributed by atoms with Crippen molar-refractivity contribution < 1.29 is 14.3 Å². The van der Waals surface area contributed by atoms with Gasteiger partial charge in [0, 0.05) is 7.11 Å². The summed E-state index contributed by atoms with van der Waals surface area (Å²) in [5, 5.41) is 0. The van der Waals surface area contributed by atoms with Crippen LogP contribution in [0.1, 0.15) is 37.8 Å². The van der Waals surface area contributed by atoms with Gasteiger partial charge in [-0.2, -0.15) is 0 Å². The van der Waals surface area contributed by atoms with Crippen LogP contribution in [0.5, 0.6) is 0 Å². The fourth-order valence-corrected chi connectivity index (χ4v) is 1.90. The van der Waals surface area contributed by atoms with Gasteiger partial charge in [-0.15, -0.1) is 0 Å². The maximum Gasteiger partial charge on any atom is 0.313 e. The first-order valence-corrected chi connectivity index (χ1v) is 6.79. The van der Waals surface area contributed by atoms with Crippen LogP contribution in [0, 0.1) is 5.92 Å². The molecule has 0 aliphatic carbocycles. The Morgan fingerprint density at radius 2 is 1.74 bits per heavy atom. The van der Waals surface area contributed by atoms with Gasteiger partial charge in [0.1, 0.15) is 6.61 Å². The van der Waals surface area contributed by atoms with Crippen molar-refractivity contribution >= 4 is 5.97 Å². The molecule has 0 amide bonds. The zero-order valence-electron chi connectivity index (χ0n) is 12.3. The molecule has 0 aliphatic rings. The maximum atomic E-state index is 11.8. The predicted molar refractivity (Wildman–Crippen MR) is 76.2 cm³/mol. The summed E-state index contributed by atoms with van der Waals surface area (Å²) < 4.78 is 9.98. The summed E-state index contributed by atoms with van der Waals surface area (Å²) in [6, 6.07) is 8.21. The zero-order valence-corrected chi connectivity index (χ0v) is 12.3. The Bertz CT molecular complexity index is 381. The second kappa shape index (κ2) is 7.95. The van der Waals surface area contributed by atoms with Crippen molar-refractivity contribution in [2.75, 3.05) is 20.3 Å². The van der Waals surface area contributed by atoms with Gasteiger partial charge in [-0.3, -0.25) is 4.79 Å². The van der Waals surface area contributed by atoms with Gasteiger partial charge in [-0.1, -0.05) is 38.1 Å². The molecule has 3 nitrogen and oxygen atoms in total. The van der Waals surface area contributed by atoms with E-state index >= 15 is 0 Å². The van der Waals surface area contributed by atoms with Crippen molar-refractivity contribution in [2.24, 2.45) is 5.92 Å². The van der Waals surface area contributed by atoms with Crippen molar-refractivity contribution in [2.45, 2.75) is 33.1 Å². The van der Waals surface area contributed by atoms with E-state index in [-0.39, 0.29) is 11.9 Å². The number of hydrogen-bond acceptors (Lipinski definition) is 3. The fraction of sp³-hybridized carbons (Fsp3) is 0.562. The largest absolute Gasteiger partial charge is 0.463 e. The van der Waals surface area contributed by atoms with Crippen LogP contribution in [0.25, 0.3) is 0 Å². The van der Waals surface area contributed by atoms with E-state index < -0.39 is 0 Å². The van der Waals surface area contributed by atoms with E-state index in [0.717, 1.165) is 12.0 Å². The topological polar surface area (TPSA) is 35.5 Å². The lowest BCUT2D eigenvalue weighted by atomic mass is 9.97. The Morgan fingerprint density at radius 3 is 2.26 bits per heavy atom. The van der Waals surface area contributed by atoms with E-state index in [4.69, 9.17) is 9.47 Å². The number of carbonyl (C=O) groups excluding carboxylic acids is 1. The highest BCUT2D eigenvalue weighted by Gasteiger charge is 2.16. The second-order valence-electron chi connectivity index (χ2n) is 5.22. The second-order valence-corrected chi connectivity index (χ2v) is 5.22. The van der Waals surface area contributed by atoms with Crippen molar-refractivity contribution in [3.63, 3.8) is 0 Å². The van der Waals surface area contributed by atoms with Gasteiger partial charge >= 0.3 is 5.97 Å². The van der Waals surface area contributed by atoms with Crippen LogP contribution < -0.4 is 0 Å². The van der Waals surface area contributed by atoms with E-state index in [9.17, 15) is 4.79 Å². The van der Waals surface area contributed by atoms with Crippen LogP contribution in [0.2, 0.25) is 0 Å². The molecule has 0 bridgehead atoms. The summed E-state index contributed by atoms with van der Waals surface area (Å²) in [6.07, 6.45) is 1.06. The van der Waals surface area contributed by atoms with E-state index in [2.05, 4.69) is 26.0 Å². The molecule has 0 aliphatic heterocycles. The first kappa shape index (κ1) is 15.7. The van der Waals surface area contributed by atoms with E-state index in [1.165, 1.54) is 5.56 Å². The number of rotatable bonds is 7. The number of carbonyl (C=O) groups is 1. The summed E-state index contributed by atoms with van der Waals surface area (Å²) in [5.41, 5.74) is 2.30.